The lowest BCUT2D eigenvalue weighted by Crippen LogP contribution is -2.30. The van der Waals surface area contributed by atoms with Crippen molar-refractivity contribution >= 4 is 29.1 Å². The highest BCUT2D eigenvalue weighted by Crippen LogP contribution is 2.22. The van der Waals surface area contributed by atoms with Crippen LogP contribution in [0.4, 0.5) is 11.5 Å². The van der Waals surface area contributed by atoms with Crippen molar-refractivity contribution in [3.05, 3.63) is 102 Å². The Morgan fingerprint density at radius 2 is 1.70 bits per heavy atom. The number of hydrogen-bond acceptors (Lipinski definition) is 3. The minimum absolute atomic E-state index is 0.0456. The van der Waals surface area contributed by atoms with Crippen molar-refractivity contribution < 1.29 is 4.79 Å². The smallest absolute Gasteiger partial charge is 0.246 e. The molecule has 4 nitrogen and oxygen atoms in total. The molecule has 0 spiro atoms. The Hall–Kier alpha value is -3.66. The lowest BCUT2D eigenvalue weighted by Gasteiger charge is -2.18. The highest BCUT2D eigenvalue weighted by molar-refractivity contribution is 5.92. The van der Waals surface area contributed by atoms with Crippen LogP contribution >= 0.6 is 0 Å². The molecule has 4 rings (SSSR count). The molecule has 1 aromatic heterocycles. The molecular weight excluding hydrogens is 370 g/mol. The zero-order chi connectivity index (χ0) is 20.6. The number of nitrogens with one attached hydrogen (secondary N) is 1. The van der Waals surface area contributed by atoms with Gasteiger partial charge >= 0.3 is 0 Å². The molecule has 1 amide bonds. The van der Waals surface area contributed by atoms with Crippen LogP contribution in [0.25, 0.3) is 11.6 Å². The minimum Gasteiger partial charge on any atom is -0.340 e. The summed E-state index contributed by atoms with van der Waals surface area (Å²) in [5.41, 5.74) is 4.46. The van der Waals surface area contributed by atoms with Crippen LogP contribution < -0.4 is 5.32 Å². The number of rotatable bonds is 5. The highest BCUT2D eigenvalue weighted by atomic mass is 16.2. The standard InChI is InChI=1S/C26H25N3O/c30-26(29-18-7-10-23(17-19-29)22-8-3-1-4-9-22)16-14-21-13-15-25(27-20-21)28-24-11-5-2-6-12-24/h1-6,8-16,20H,7,17-19H2,(H,27,28). The number of carbonyl (C=O) groups excluding carboxylic acids is 1. The van der Waals surface area contributed by atoms with Gasteiger partial charge in [0.15, 0.2) is 0 Å². The molecule has 2 heterocycles. The molecule has 0 radical (unpaired) electrons. The van der Waals surface area contributed by atoms with Gasteiger partial charge in [-0.05, 0) is 59.9 Å². The van der Waals surface area contributed by atoms with E-state index >= 15 is 0 Å². The Kier molecular flexibility index (Phi) is 6.35. The fourth-order valence-electron chi connectivity index (χ4n) is 3.52. The molecule has 4 heteroatoms. The summed E-state index contributed by atoms with van der Waals surface area (Å²) in [7, 11) is 0. The molecule has 3 aromatic rings. The SMILES string of the molecule is O=C(C=Cc1ccc(Nc2ccccc2)nc1)N1CCC=C(c2ccccc2)CC1. The zero-order valence-corrected chi connectivity index (χ0v) is 16.9. The Morgan fingerprint density at radius 1 is 0.933 bits per heavy atom. The second kappa shape index (κ2) is 9.70. The van der Waals surface area contributed by atoms with E-state index in [9.17, 15) is 4.79 Å². The summed E-state index contributed by atoms with van der Waals surface area (Å²) >= 11 is 0. The normalized spacial score (nSPS) is 14.3. The number of para-hydroxylation sites is 1. The predicted octanol–water partition coefficient (Wildman–Crippen LogP) is 5.54. The first-order chi connectivity index (χ1) is 14.8. The van der Waals surface area contributed by atoms with E-state index < -0.39 is 0 Å². The van der Waals surface area contributed by atoms with E-state index in [0.29, 0.717) is 0 Å². The third-order valence-electron chi connectivity index (χ3n) is 5.15. The van der Waals surface area contributed by atoms with Crippen LogP contribution in [0, 0.1) is 0 Å². The van der Waals surface area contributed by atoms with Crippen molar-refractivity contribution in [2.24, 2.45) is 0 Å². The van der Waals surface area contributed by atoms with E-state index in [2.05, 4.69) is 40.6 Å². The van der Waals surface area contributed by atoms with Crippen LogP contribution in [0.5, 0.6) is 0 Å². The number of aromatic nitrogens is 1. The number of benzene rings is 2. The lowest BCUT2D eigenvalue weighted by atomic mass is 10.0. The average Bonchev–Trinajstić information content (AvgIpc) is 3.06. The number of pyridine rings is 1. The maximum atomic E-state index is 12.7. The van der Waals surface area contributed by atoms with Crippen LogP contribution in [0.3, 0.4) is 0 Å². The first-order valence-corrected chi connectivity index (χ1v) is 10.3. The van der Waals surface area contributed by atoms with E-state index in [1.54, 1.807) is 12.3 Å². The van der Waals surface area contributed by atoms with Crippen molar-refractivity contribution in [2.75, 3.05) is 18.4 Å². The quantitative estimate of drug-likeness (QED) is 0.577. The molecule has 1 aliphatic rings. The van der Waals surface area contributed by atoms with Gasteiger partial charge in [0, 0.05) is 31.0 Å². The van der Waals surface area contributed by atoms with Crippen LogP contribution in [0.2, 0.25) is 0 Å². The summed E-state index contributed by atoms with van der Waals surface area (Å²) in [4.78, 5) is 19.0. The Bertz CT molecular complexity index is 1020. The third-order valence-corrected chi connectivity index (χ3v) is 5.15. The number of amides is 1. The van der Waals surface area contributed by atoms with Gasteiger partial charge in [-0.15, -0.1) is 0 Å². The van der Waals surface area contributed by atoms with Crippen LogP contribution in [-0.4, -0.2) is 28.9 Å². The lowest BCUT2D eigenvalue weighted by molar-refractivity contribution is -0.125. The first kappa shape index (κ1) is 19.6. The van der Waals surface area contributed by atoms with E-state index in [4.69, 9.17) is 0 Å². The van der Waals surface area contributed by atoms with E-state index in [1.165, 1.54) is 11.1 Å². The maximum Gasteiger partial charge on any atom is 0.246 e. The largest absolute Gasteiger partial charge is 0.340 e. The Labute approximate surface area is 177 Å². The average molecular weight is 396 g/mol. The van der Waals surface area contributed by atoms with Gasteiger partial charge in [0.05, 0.1) is 0 Å². The molecule has 0 aliphatic carbocycles. The molecule has 0 saturated carbocycles. The van der Waals surface area contributed by atoms with Crippen molar-refractivity contribution in [3.63, 3.8) is 0 Å². The van der Waals surface area contributed by atoms with Crippen molar-refractivity contribution in [3.8, 4) is 0 Å². The zero-order valence-electron chi connectivity index (χ0n) is 16.9. The second-order valence-corrected chi connectivity index (χ2v) is 7.26. The second-order valence-electron chi connectivity index (χ2n) is 7.26. The van der Waals surface area contributed by atoms with Gasteiger partial charge in [-0.3, -0.25) is 4.79 Å². The van der Waals surface area contributed by atoms with Crippen LogP contribution in [0.1, 0.15) is 24.0 Å². The fourth-order valence-corrected chi connectivity index (χ4v) is 3.52. The monoisotopic (exact) mass is 395 g/mol. The van der Waals surface area contributed by atoms with Gasteiger partial charge in [-0.2, -0.15) is 0 Å². The van der Waals surface area contributed by atoms with Gasteiger partial charge in [-0.1, -0.05) is 54.6 Å². The molecule has 0 unspecified atom stereocenters. The number of hydrogen-bond donors (Lipinski definition) is 1. The molecule has 150 valence electrons. The molecule has 30 heavy (non-hydrogen) atoms. The molecule has 0 bridgehead atoms. The highest BCUT2D eigenvalue weighted by Gasteiger charge is 2.14. The summed E-state index contributed by atoms with van der Waals surface area (Å²) in [5, 5.41) is 3.26. The molecule has 0 fully saturated rings. The number of anilines is 2. The summed E-state index contributed by atoms with van der Waals surface area (Å²) in [6.07, 6.45) is 9.27. The van der Waals surface area contributed by atoms with Gasteiger partial charge in [0.25, 0.3) is 0 Å². The van der Waals surface area contributed by atoms with Gasteiger partial charge in [-0.25, -0.2) is 4.98 Å². The minimum atomic E-state index is 0.0456. The predicted molar refractivity (Wildman–Crippen MR) is 123 cm³/mol. The maximum absolute atomic E-state index is 12.7. The van der Waals surface area contributed by atoms with Gasteiger partial charge in [0.1, 0.15) is 5.82 Å². The topological polar surface area (TPSA) is 45.2 Å². The molecule has 2 aromatic carbocycles. The number of carbonyl (C=O) groups is 1. The van der Waals surface area contributed by atoms with Gasteiger partial charge in [0.2, 0.25) is 5.91 Å². The summed E-state index contributed by atoms with van der Waals surface area (Å²) in [6, 6.07) is 24.2. The van der Waals surface area contributed by atoms with Crippen molar-refractivity contribution in [2.45, 2.75) is 12.8 Å². The number of nitrogens with zero attached hydrogens (tertiary/aromatic N) is 2. The van der Waals surface area contributed by atoms with Crippen LogP contribution in [0.15, 0.2) is 91.1 Å². The summed E-state index contributed by atoms with van der Waals surface area (Å²) in [5.74, 6) is 0.820. The molecule has 1 aliphatic heterocycles. The Morgan fingerprint density at radius 3 is 2.43 bits per heavy atom. The third kappa shape index (κ3) is 5.23. The van der Waals surface area contributed by atoms with Gasteiger partial charge < -0.3 is 10.2 Å². The molecule has 0 atom stereocenters. The first-order valence-electron chi connectivity index (χ1n) is 10.3. The fraction of sp³-hybridized carbons (Fsp3) is 0.154. The summed E-state index contributed by atoms with van der Waals surface area (Å²) in [6.45, 7) is 1.49. The molecule has 1 N–H and O–H groups in total. The molecule has 0 saturated heterocycles. The molecular formula is C26H25N3O. The van der Waals surface area contributed by atoms with Crippen molar-refractivity contribution in [1.29, 1.82) is 0 Å². The summed E-state index contributed by atoms with van der Waals surface area (Å²) < 4.78 is 0. The van der Waals surface area contributed by atoms with Crippen molar-refractivity contribution in [1.82, 2.24) is 9.88 Å². The van der Waals surface area contributed by atoms with Crippen LogP contribution in [-0.2, 0) is 4.79 Å². The Balaban J connectivity index is 1.32. The van der Waals surface area contributed by atoms with E-state index in [1.807, 2.05) is 59.5 Å². The van der Waals surface area contributed by atoms with E-state index in [0.717, 1.165) is 43.0 Å². The van der Waals surface area contributed by atoms with E-state index in [-0.39, 0.29) is 5.91 Å².